The number of furan rings is 1. The molecule has 0 saturated carbocycles. The van der Waals surface area contributed by atoms with Gasteiger partial charge in [-0.3, -0.25) is 4.79 Å². The summed E-state index contributed by atoms with van der Waals surface area (Å²) in [6, 6.07) is 1.67. The highest BCUT2D eigenvalue weighted by Gasteiger charge is 2.35. The number of aliphatic hydroxyl groups is 1. The predicted molar refractivity (Wildman–Crippen MR) is 63.8 cm³/mol. The SMILES string of the molecule is CCc1occc1C(=O)N1CCC(C)C1CO. The Hall–Kier alpha value is -1.29. The number of hydrogen-bond acceptors (Lipinski definition) is 3. The second-order valence-electron chi connectivity index (χ2n) is 4.63. The first kappa shape index (κ1) is 12.2. The Morgan fingerprint density at radius 3 is 3.06 bits per heavy atom. The first-order valence-corrected chi connectivity index (χ1v) is 6.17. The van der Waals surface area contributed by atoms with Gasteiger partial charge in [0, 0.05) is 13.0 Å². The van der Waals surface area contributed by atoms with Gasteiger partial charge in [-0.25, -0.2) is 0 Å². The van der Waals surface area contributed by atoms with Crippen molar-refractivity contribution in [1.29, 1.82) is 0 Å². The number of amides is 1. The maximum Gasteiger partial charge on any atom is 0.257 e. The molecule has 1 aromatic rings. The molecule has 0 radical (unpaired) electrons. The third-order valence-corrected chi connectivity index (χ3v) is 3.63. The second kappa shape index (κ2) is 4.92. The molecule has 2 unspecified atom stereocenters. The largest absolute Gasteiger partial charge is 0.469 e. The van der Waals surface area contributed by atoms with Crippen molar-refractivity contribution in [2.24, 2.45) is 5.92 Å². The second-order valence-corrected chi connectivity index (χ2v) is 4.63. The summed E-state index contributed by atoms with van der Waals surface area (Å²) in [6.07, 6.45) is 3.22. The van der Waals surface area contributed by atoms with E-state index >= 15 is 0 Å². The molecule has 1 aromatic heterocycles. The van der Waals surface area contributed by atoms with Crippen LogP contribution in [0.25, 0.3) is 0 Å². The van der Waals surface area contributed by atoms with Crippen LogP contribution in [0.5, 0.6) is 0 Å². The van der Waals surface area contributed by atoms with Crippen molar-refractivity contribution in [1.82, 2.24) is 4.90 Å². The molecule has 0 aromatic carbocycles. The monoisotopic (exact) mass is 237 g/mol. The van der Waals surface area contributed by atoms with Crippen LogP contribution in [0.1, 0.15) is 36.4 Å². The van der Waals surface area contributed by atoms with Crippen LogP contribution in [0.4, 0.5) is 0 Å². The van der Waals surface area contributed by atoms with Gasteiger partial charge in [-0.15, -0.1) is 0 Å². The Kier molecular flexibility index (Phi) is 3.52. The molecule has 1 fully saturated rings. The fourth-order valence-corrected chi connectivity index (χ4v) is 2.50. The Morgan fingerprint density at radius 1 is 1.65 bits per heavy atom. The summed E-state index contributed by atoms with van der Waals surface area (Å²) in [5, 5.41) is 9.36. The molecule has 1 amide bonds. The molecular formula is C13H19NO3. The molecule has 0 bridgehead atoms. The minimum absolute atomic E-state index is 0.0148. The highest BCUT2D eigenvalue weighted by atomic mass is 16.3. The van der Waals surface area contributed by atoms with Crippen LogP contribution in [-0.2, 0) is 6.42 Å². The van der Waals surface area contributed by atoms with Crippen LogP contribution in [0.15, 0.2) is 16.7 Å². The van der Waals surface area contributed by atoms with Crippen LogP contribution in [0.2, 0.25) is 0 Å². The minimum atomic E-state index is -0.0536. The molecule has 0 aliphatic carbocycles. The van der Waals surface area contributed by atoms with Crippen LogP contribution in [0.3, 0.4) is 0 Å². The summed E-state index contributed by atoms with van der Waals surface area (Å²) in [4.78, 5) is 14.1. The molecule has 1 N–H and O–H groups in total. The standard InChI is InChI=1S/C13H19NO3/c1-3-12-10(5-7-17-12)13(16)14-6-4-9(2)11(14)8-15/h5,7,9,11,15H,3-4,6,8H2,1-2H3. The van der Waals surface area contributed by atoms with Crippen LogP contribution < -0.4 is 0 Å². The molecule has 0 spiro atoms. The topological polar surface area (TPSA) is 53.7 Å². The number of aryl methyl sites for hydroxylation is 1. The average molecular weight is 237 g/mol. The number of hydrogen-bond donors (Lipinski definition) is 1. The first-order valence-electron chi connectivity index (χ1n) is 6.17. The molecule has 94 valence electrons. The number of likely N-dealkylation sites (tertiary alicyclic amines) is 1. The number of rotatable bonds is 3. The smallest absolute Gasteiger partial charge is 0.257 e. The van der Waals surface area contributed by atoms with Crippen molar-refractivity contribution in [3.8, 4) is 0 Å². The van der Waals surface area contributed by atoms with Crippen molar-refractivity contribution in [3.63, 3.8) is 0 Å². The average Bonchev–Trinajstić information content (AvgIpc) is 2.93. The van der Waals surface area contributed by atoms with E-state index in [9.17, 15) is 9.90 Å². The molecule has 17 heavy (non-hydrogen) atoms. The number of aliphatic hydroxyl groups excluding tert-OH is 1. The first-order chi connectivity index (χ1) is 8.19. The summed E-state index contributed by atoms with van der Waals surface area (Å²) < 4.78 is 5.28. The maximum atomic E-state index is 12.4. The molecule has 4 nitrogen and oxygen atoms in total. The van der Waals surface area contributed by atoms with Crippen molar-refractivity contribution < 1.29 is 14.3 Å². The van der Waals surface area contributed by atoms with E-state index in [0.29, 0.717) is 17.9 Å². The van der Waals surface area contributed by atoms with E-state index in [1.807, 2.05) is 6.92 Å². The summed E-state index contributed by atoms with van der Waals surface area (Å²) in [7, 11) is 0. The van der Waals surface area contributed by atoms with Gasteiger partial charge in [0.25, 0.3) is 5.91 Å². The summed E-state index contributed by atoms with van der Waals surface area (Å²) in [5.74, 6) is 1.08. The van der Waals surface area contributed by atoms with E-state index in [1.165, 1.54) is 0 Å². The molecule has 1 aliphatic heterocycles. The third kappa shape index (κ3) is 2.09. The molecule has 2 atom stereocenters. The van der Waals surface area contributed by atoms with Crippen LogP contribution in [0, 0.1) is 5.92 Å². The lowest BCUT2D eigenvalue weighted by Gasteiger charge is -2.25. The zero-order chi connectivity index (χ0) is 12.4. The van der Waals surface area contributed by atoms with Gasteiger partial charge in [0.1, 0.15) is 5.76 Å². The van der Waals surface area contributed by atoms with Crippen molar-refractivity contribution >= 4 is 5.91 Å². The number of nitrogens with zero attached hydrogens (tertiary/aromatic N) is 1. The fourth-order valence-electron chi connectivity index (χ4n) is 2.50. The Bertz CT molecular complexity index is 399. The molecule has 1 saturated heterocycles. The third-order valence-electron chi connectivity index (χ3n) is 3.63. The van der Waals surface area contributed by atoms with Gasteiger partial charge in [-0.2, -0.15) is 0 Å². The molecule has 1 aliphatic rings. The zero-order valence-corrected chi connectivity index (χ0v) is 10.3. The highest BCUT2D eigenvalue weighted by molar-refractivity contribution is 5.95. The molecule has 2 rings (SSSR count). The van der Waals surface area contributed by atoms with Crippen LogP contribution in [-0.4, -0.2) is 35.1 Å². The summed E-state index contributed by atoms with van der Waals surface area (Å²) >= 11 is 0. The van der Waals surface area contributed by atoms with Gasteiger partial charge >= 0.3 is 0 Å². The van der Waals surface area contributed by atoms with Gasteiger partial charge in [-0.05, 0) is 18.4 Å². The fraction of sp³-hybridized carbons (Fsp3) is 0.615. The summed E-state index contributed by atoms with van der Waals surface area (Å²) in [6.45, 7) is 4.79. The van der Waals surface area contributed by atoms with Crippen molar-refractivity contribution in [2.45, 2.75) is 32.7 Å². The number of carbonyl (C=O) groups is 1. The van der Waals surface area contributed by atoms with E-state index in [1.54, 1.807) is 17.2 Å². The van der Waals surface area contributed by atoms with E-state index < -0.39 is 0 Å². The lowest BCUT2D eigenvalue weighted by Crippen LogP contribution is -2.40. The maximum absolute atomic E-state index is 12.4. The van der Waals surface area contributed by atoms with E-state index in [4.69, 9.17) is 4.42 Å². The van der Waals surface area contributed by atoms with Gasteiger partial charge in [-0.1, -0.05) is 13.8 Å². The summed E-state index contributed by atoms with van der Waals surface area (Å²) in [5.41, 5.74) is 0.639. The lowest BCUT2D eigenvalue weighted by molar-refractivity contribution is 0.0646. The lowest BCUT2D eigenvalue weighted by atomic mass is 10.0. The predicted octanol–water partition coefficient (Wildman–Crippen LogP) is 1.68. The van der Waals surface area contributed by atoms with Crippen LogP contribution >= 0.6 is 0 Å². The van der Waals surface area contributed by atoms with E-state index in [0.717, 1.165) is 18.7 Å². The van der Waals surface area contributed by atoms with E-state index in [2.05, 4.69) is 6.92 Å². The molecular weight excluding hydrogens is 218 g/mol. The Morgan fingerprint density at radius 2 is 2.41 bits per heavy atom. The molecule has 4 heteroatoms. The van der Waals surface area contributed by atoms with Gasteiger partial charge in [0.2, 0.25) is 0 Å². The number of carbonyl (C=O) groups excluding carboxylic acids is 1. The van der Waals surface area contributed by atoms with Gasteiger partial charge in [0.15, 0.2) is 0 Å². The Balaban J connectivity index is 2.20. The van der Waals surface area contributed by atoms with Gasteiger partial charge < -0.3 is 14.4 Å². The molecule has 2 heterocycles. The zero-order valence-electron chi connectivity index (χ0n) is 10.3. The quantitative estimate of drug-likeness (QED) is 0.870. The highest BCUT2D eigenvalue weighted by Crippen LogP contribution is 2.26. The van der Waals surface area contributed by atoms with Crippen molar-refractivity contribution in [2.75, 3.05) is 13.2 Å². The van der Waals surface area contributed by atoms with Crippen molar-refractivity contribution in [3.05, 3.63) is 23.7 Å². The van der Waals surface area contributed by atoms with E-state index in [-0.39, 0.29) is 18.6 Å². The Labute approximate surface area is 101 Å². The minimum Gasteiger partial charge on any atom is -0.469 e. The van der Waals surface area contributed by atoms with Gasteiger partial charge in [0.05, 0.1) is 24.5 Å². The normalized spacial score (nSPS) is 24.3.